The molecule has 0 spiro atoms. The lowest BCUT2D eigenvalue weighted by atomic mass is 9.78. The number of ether oxygens (including phenoxy) is 2. The van der Waals surface area contributed by atoms with Crippen LogP contribution in [-0.2, 0) is 9.59 Å². The van der Waals surface area contributed by atoms with E-state index in [0.717, 1.165) is 29.7 Å². The molecule has 3 rings (SSSR count). The van der Waals surface area contributed by atoms with Gasteiger partial charge in [0, 0.05) is 30.0 Å². The number of ketones is 1. The second-order valence-electron chi connectivity index (χ2n) is 6.05. The van der Waals surface area contributed by atoms with Gasteiger partial charge in [-0.15, -0.1) is 0 Å². The van der Waals surface area contributed by atoms with E-state index in [1.807, 2.05) is 32.0 Å². The molecule has 1 aromatic carbocycles. The van der Waals surface area contributed by atoms with Crippen molar-refractivity contribution in [1.29, 1.82) is 0 Å². The van der Waals surface area contributed by atoms with Crippen molar-refractivity contribution in [1.82, 2.24) is 5.32 Å². The summed E-state index contributed by atoms with van der Waals surface area (Å²) in [6.07, 6.45) is 2.42. The number of Topliss-reactive ketones (excluding diaryl/α,β-unsaturated/α-hetero) is 1. The van der Waals surface area contributed by atoms with E-state index in [-0.39, 0.29) is 17.6 Å². The van der Waals surface area contributed by atoms with Gasteiger partial charge in [0.15, 0.2) is 17.3 Å². The van der Waals surface area contributed by atoms with Crippen LogP contribution in [0, 0.1) is 0 Å². The van der Waals surface area contributed by atoms with Crippen LogP contribution in [-0.4, -0.2) is 24.9 Å². The minimum Gasteiger partial charge on any atom is -0.490 e. The lowest BCUT2D eigenvalue weighted by Gasteiger charge is -2.31. The van der Waals surface area contributed by atoms with Gasteiger partial charge in [-0.05, 0) is 44.4 Å². The summed E-state index contributed by atoms with van der Waals surface area (Å²) in [6, 6.07) is 5.71. The predicted octanol–water partition coefficient (Wildman–Crippen LogP) is 3.09. The SMILES string of the molecule is CCOc1ccc([C@H]2CC(=O)NC3=C2C(=O)CCC3)cc1OCC. The van der Waals surface area contributed by atoms with Gasteiger partial charge in [-0.2, -0.15) is 0 Å². The average molecular weight is 329 g/mol. The minimum absolute atomic E-state index is 0.0275. The Morgan fingerprint density at radius 2 is 1.83 bits per heavy atom. The van der Waals surface area contributed by atoms with Gasteiger partial charge < -0.3 is 14.8 Å². The Morgan fingerprint density at radius 1 is 1.08 bits per heavy atom. The number of benzene rings is 1. The quantitative estimate of drug-likeness (QED) is 0.901. The molecule has 24 heavy (non-hydrogen) atoms. The van der Waals surface area contributed by atoms with Crippen LogP contribution in [0.1, 0.15) is 51.0 Å². The molecule has 1 aliphatic carbocycles. The highest BCUT2D eigenvalue weighted by Gasteiger charge is 2.35. The molecule has 1 aromatic rings. The van der Waals surface area contributed by atoms with Crippen LogP contribution in [0.25, 0.3) is 0 Å². The number of nitrogens with one attached hydrogen (secondary N) is 1. The third-order valence-corrected chi connectivity index (χ3v) is 4.45. The molecule has 1 N–H and O–H groups in total. The van der Waals surface area contributed by atoms with Crippen molar-refractivity contribution >= 4 is 11.7 Å². The molecule has 128 valence electrons. The Bertz CT molecular complexity index is 693. The summed E-state index contributed by atoms with van der Waals surface area (Å²) < 4.78 is 11.3. The maximum Gasteiger partial charge on any atom is 0.225 e. The maximum absolute atomic E-state index is 12.4. The summed E-state index contributed by atoms with van der Waals surface area (Å²) in [5.74, 6) is 1.27. The third-order valence-electron chi connectivity index (χ3n) is 4.45. The standard InChI is InChI=1S/C19H23NO4/c1-3-23-16-9-8-12(10-17(16)24-4-2)13-11-18(22)20-14-6-5-7-15(21)19(13)14/h8-10,13H,3-7,11H2,1-2H3,(H,20,22)/t13-/m1/s1. The van der Waals surface area contributed by atoms with E-state index in [1.54, 1.807) is 0 Å². The lowest BCUT2D eigenvalue weighted by molar-refractivity contribution is -0.122. The Balaban J connectivity index is 2.01. The molecule has 0 fully saturated rings. The molecule has 2 aliphatic rings. The third kappa shape index (κ3) is 3.16. The number of carbonyl (C=O) groups is 2. The van der Waals surface area contributed by atoms with Crippen molar-refractivity contribution in [3.63, 3.8) is 0 Å². The fourth-order valence-corrected chi connectivity index (χ4v) is 3.47. The van der Waals surface area contributed by atoms with Crippen LogP contribution in [0.2, 0.25) is 0 Å². The van der Waals surface area contributed by atoms with Gasteiger partial charge in [0.25, 0.3) is 0 Å². The highest BCUT2D eigenvalue weighted by molar-refractivity contribution is 6.01. The van der Waals surface area contributed by atoms with Crippen LogP contribution in [0.15, 0.2) is 29.5 Å². The number of hydrogen-bond acceptors (Lipinski definition) is 4. The summed E-state index contributed by atoms with van der Waals surface area (Å²) in [4.78, 5) is 24.5. The molecule has 0 saturated heterocycles. The van der Waals surface area contributed by atoms with E-state index in [0.29, 0.717) is 37.6 Å². The van der Waals surface area contributed by atoms with Crippen molar-refractivity contribution in [2.24, 2.45) is 0 Å². The fraction of sp³-hybridized carbons (Fsp3) is 0.474. The molecular weight excluding hydrogens is 306 g/mol. The first kappa shape index (κ1) is 16.6. The Hall–Kier alpha value is -2.30. The number of carbonyl (C=O) groups excluding carboxylic acids is 2. The number of rotatable bonds is 5. The molecule has 1 heterocycles. The second kappa shape index (κ2) is 7.07. The maximum atomic E-state index is 12.4. The molecule has 0 aromatic heterocycles. The normalized spacial score (nSPS) is 20.5. The molecule has 0 unspecified atom stereocenters. The first-order valence-electron chi connectivity index (χ1n) is 8.59. The highest BCUT2D eigenvalue weighted by atomic mass is 16.5. The van der Waals surface area contributed by atoms with Crippen molar-refractivity contribution in [3.05, 3.63) is 35.0 Å². The summed E-state index contributed by atoms with van der Waals surface area (Å²) in [5, 5.41) is 2.88. The minimum atomic E-state index is -0.198. The Kier molecular flexibility index (Phi) is 4.88. The average Bonchev–Trinajstić information content (AvgIpc) is 2.56. The molecule has 0 saturated carbocycles. The summed E-state index contributed by atoms with van der Waals surface area (Å²) >= 11 is 0. The van der Waals surface area contributed by atoms with Gasteiger partial charge in [-0.25, -0.2) is 0 Å². The van der Waals surface area contributed by atoms with E-state index in [1.165, 1.54) is 0 Å². The predicted molar refractivity (Wildman–Crippen MR) is 90.2 cm³/mol. The van der Waals surface area contributed by atoms with Crippen LogP contribution < -0.4 is 14.8 Å². The van der Waals surface area contributed by atoms with Crippen LogP contribution in [0.5, 0.6) is 11.5 Å². The summed E-state index contributed by atoms with van der Waals surface area (Å²) in [7, 11) is 0. The van der Waals surface area contributed by atoms with Crippen LogP contribution in [0.3, 0.4) is 0 Å². The molecule has 0 bridgehead atoms. The molecule has 5 nitrogen and oxygen atoms in total. The fourth-order valence-electron chi connectivity index (χ4n) is 3.47. The van der Waals surface area contributed by atoms with Gasteiger partial charge >= 0.3 is 0 Å². The zero-order valence-electron chi connectivity index (χ0n) is 14.2. The first-order chi connectivity index (χ1) is 11.6. The number of allylic oxidation sites excluding steroid dienone is 2. The zero-order chi connectivity index (χ0) is 17.1. The molecule has 1 aliphatic heterocycles. The molecule has 1 amide bonds. The second-order valence-corrected chi connectivity index (χ2v) is 6.05. The van der Waals surface area contributed by atoms with Crippen molar-refractivity contribution in [2.75, 3.05) is 13.2 Å². The highest BCUT2D eigenvalue weighted by Crippen LogP contribution is 2.40. The van der Waals surface area contributed by atoms with E-state index >= 15 is 0 Å². The zero-order valence-corrected chi connectivity index (χ0v) is 14.2. The van der Waals surface area contributed by atoms with Gasteiger partial charge in [-0.3, -0.25) is 9.59 Å². The van der Waals surface area contributed by atoms with Crippen molar-refractivity contribution < 1.29 is 19.1 Å². The van der Waals surface area contributed by atoms with E-state index in [4.69, 9.17) is 9.47 Å². The van der Waals surface area contributed by atoms with Gasteiger partial charge in [-0.1, -0.05) is 6.07 Å². The monoisotopic (exact) mass is 329 g/mol. The number of hydrogen-bond donors (Lipinski definition) is 1. The first-order valence-corrected chi connectivity index (χ1v) is 8.59. The Labute approximate surface area is 142 Å². The van der Waals surface area contributed by atoms with E-state index in [2.05, 4.69) is 5.32 Å². The molecule has 0 radical (unpaired) electrons. The largest absolute Gasteiger partial charge is 0.490 e. The topological polar surface area (TPSA) is 64.6 Å². The van der Waals surface area contributed by atoms with E-state index in [9.17, 15) is 9.59 Å². The van der Waals surface area contributed by atoms with Gasteiger partial charge in [0.1, 0.15) is 0 Å². The van der Waals surface area contributed by atoms with E-state index < -0.39 is 0 Å². The number of amides is 1. The van der Waals surface area contributed by atoms with Gasteiger partial charge in [0.2, 0.25) is 5.91 Å². The summed E-state index contributed by atoms with van der Waals surface area (Å²) in [5.41, 5.74) is 2.51. The molecule has 1 atom stereocenters. The van der Waals surface area contributed by atoms with Gasteiger partial charge in [0.05, 0.1) is 13.2 Å². The summed E-state index contributed by atoms with van der Waals surface area (Å²) in [6.45, 7) is 4.93. The van der Waals surface area contributed by atoms with Crippen LogP contribution in [0.4, 0.5) is 0 Å². The van der Waals surface area contributed by atoms with Crippen molar-refractivity contribution in [2.45, 2.75) is 45.4 Å². The molecule has 5 heteroatoms. The molecular formula is C19H23NO4. The van der Waals surface area contributed by atoms with Crippen molar-refractivity contribution in [3.8, 4) is 11.5 Å². The van der Waals surface area contributed by atoms with Crippen LogP contribution >= 0.6 is 0 Å². The Morgan fingerprint density at radius 3 is 2.58 bits per heavy atom. The smallest absolute Gasteiger partial charge is 0.225 e. The lowest BCUT2D eigenvalue weighted by Crippen LogP contribution is -2.36.